The second-order valence-electron chi connectivity index (χ2n) is 9.51. The monoisotopic (exact) mass is 438 g/mol. The van der Waals surface area contributed by atoms with Crippen LogP contribution in [-0.4, -0.2) is 9.55 Å². The molecule has 0 aliphatic heterocycles. The van der Waals surface area contributed by atoms with Gasteiger partial charge in [-0.15, -0.1) is 11.3 Å². The van der Waals surface area contributed by atoms with Crippen molar-refractivity contribution in [3.8, 4) is 0 Å². The number of hydrogen-bond acceptors (Lipinski definition) is 4. The van der Waals surface area contributed by atoms with Crippen molar-refractivity contribution in [3.63, 3.8) is 0 Å². The largest absolute Gasteiger partial charge is 0.283 e. The molecule has 1 aliphatic carbocycles. The highest BCUT2D eigenvalue weighted by Crippen LogP contribution is 2.42. The summed E-state index contributed by atoms with van der Waals surface area (Å²) < 4.78 is 1.83. The van der Waals surface area contributed by atoms with Crippen molar-refractivity contribution in [2.45, 2.75) is 64.4 Å². The van der Waals surface area contributed by atoms with Gasteiger partial charge in [-0.25, -0.2) is 4.98 Å². The molecule has 1 atom stereocenters. The fourth-order valence-corrected chi connectivity index (χ4v) is 6.52. The van der Waals surface area contributed by atoms with E-state index in [9.17, 15) is 4.79 Å². The molecule has 3 aromatic rings. The van der Waals surface area contributed by atoms with Gasteiger partial charge < -0.3 is 0 Å². The molecular formula is C25H30N2OS2. The molecule has 2 heterocycles. The summed E-state index contributed by atoms with van der Waals surface area (Å²) in [5.74, 6) is 1.45. The predicted molar refractivity (Wildman–Crippen MR) is 130 cm³/mol. The maximum atomic E-state index is 13.6. The van der Waals surface area contributed by atoms with Crippen LogP contribution in [0.2, 0.25) is 0 Å². The van der Waals surface area contributed by atoms with Gasteiger partial charge >= 0.3 is 0 Å². The number of hydrogen-bond donors (Lipinski definition) is 0. The zero-order valence-corrected chi connectivity index (χ0v) is 20.0. The lowest BCUT2D eigenvalue weighted by molar-refractivity contribution is 0.218. The standard InChI is InChI=1S/C25H30N2OS2/c1-16(2)14-27-23(28)21-19-12-11-18(25(3,4)5)13-20(19)30-22(21)26-24(27)29-15-17-9-7-6-8-10-17/h6-10,18H,1,11-15H2,2-5H3. The average molecular weight is 439 g/mol. The van der Waals surface area contributed by atoms with Gasteiger partial charge in [0.25, 0.3) is 5.56 Å². The first-order valence-corrected chi connectivity index (χ1v) is 12.4. The minimum atomic E-state index is 0.102. The van der Waals surface area contributed by atoms with E-state index in [4.69, 9.17) is 4.98 Å². The molecule has 1 aliphatic rings. The molecule has 30 heavy (non-hydrogen) atoms. The minimum Gasteiger partial charge on any atom is -0.283 e. The van der Waals surface area contributed by atoms with Gasteiger partial charge in [-0.1, -0.05) is 75.0 Å². The normalized spacial score (nSPS) is 16.6. The zero-order chi connectivity index (χ0) is 21.5. The molecule has 0 N–H and O–H groups in total. The van der Waals surface area contributed by atoms with Crippen LogP contribution >= 0.6 is 23.1 Å². The molecule has 3 nitrogen and oxygen atoms in total. The molecule has 1 aromatic carbocycles. The molecule has 5 heteroatoms. The van der Waals surface area contributed by atoms with Gasteiger partial charge in [0.1, 0.15) is 4.83 Å². The van der Waals surface area contributed by atoms with Gasteiger partial charge in [-0.2, -0.15) is 0 Å². The number of aromatic nitrogens is 2. The lowest BCUT2D eigenvalue weighted by Gasteiger charge is -2.33. The van der Waals surface area contributed by atoms with Gasteiger partial charge in [0, 0.05) is 17.2 Å². The second-order valence-corrected chi connectivity index (χ2v) is 11.5. The number of allylic oxidation sites excluding steroid dienone is 1. The first-order chi connectivity index (χ1) is 14.2. The number of thiophene rings is 1. The van der Waals surface area contributed by atoms with Crippen LogP contribution in [0.4, 0.5) is 0 Å². The Morgan fingerprint density at radius 3 is 2.70 bits per heavy atom. The van der Waals surface area contributed by atoms with Gasteiger partial charge in [0.15, 0.2) is 5.16 Å². The molecule has 0 saturated heterocycles. The van der Waals surface area contributed by atoms with Crippen molar-refractivity contribution in [1.82, 2.24) is 9.55 Å². The fourth-order valence-electron chi connectivity index (χ4n) is 4.22. The zero-order valence-electron chi connectivity index (χ0n) is 18.3. The van der Waals surface area contributed by atoms with Gasteiger partial charge in [0.2, 0.25) is 0 Å². The summed E-state index contributed by atoms with van der Waals surface area (Å²) in [5.41, 5.74) is 3.85. The summed E-state index contributed by atoms with van der Waals surface area (Å²) in [5, 5.41) is 1.65. The molecule has 158 valence electrons. The minimum absolute atomic E-state index is 0.102. The maximum Gasteiger partial charge on any atom is 0.263 e. The molecule has 4 rings (SSSR count). The van der Waals surface area contributed by atoms with E-state index in [0.29, 0.717) is 12.5 Å². The smallest absolute Gasteiger partial charge is 0.263 e. The topological polar surface area (TPSA) is 34.9 Å². The van der Waals surface area contributed by atoms with Crippen LogP contribution in [0.15, 0.2) is 52.4 Å². The second kappa shape index (κ2) is 8.35. The third kappa shape index (κ3) is 4.28. The molecule has 0 bridgehead atoms. The van der Waals surface area contributed by atoms with E-state index in [1.54, 1.807) is 23.1 Å². The van der Waals surface area contributed by atoms with Crippen molar-refractivity contribution < 1.29 is 0 Å². The quantitative estimate of drug-likeness (QED) is 0.260. The SMILES string of the molecule is C=C(C)Cn1c(SCc2ccccc2)nc2sc3c(c2c1=O)CCC(C(C)(C)C)C3. The number of thioether (sulfide) groups is 1. The first-order valence-electron chi connectivity index (χ1n) is 10.6. The number of benzene rings is 1. The van der Waals surface area contributed by atoms with Gasteiger partial charge in [-0.3, -0.25) is 9.36 Å². The molecular weight excluding hydrogens is 408 g/mol. The molecule has 1 unspecified atom stereocenters. The Morgan fingerprint density at radius 1 is 1.30 bits per heavy atom. The van der Waals surface area contributed by atoms with E-state index in [1.807, 2.05) is 29.7 Å². The highest BCUT2D eigenvalue weighted by atomic mass is 32.2. The van der Waals surface area contributed by atoms with Crippen LogP contribution in [0, 0.1) is 11.3 Å². The number of aryl methyl sites for hydroxylation is 1. The molecule has 0 amide bonds. The van der Waals surface area contributed by atoms with Crippen LogP contribution in [-0.2, 0) is 25.1 Å². The van der Waals surface area contributed by atoms with Crippen LogP contribution in [0.1, 0.15) is 50.1 Å². The number of rotatable bonds is 5. The fraction of sp³-hybridized carbons (Fsp3) is 0.440. The van der Waals surface area contributed by atoms with Gasteiger partial charge in [-0.05, 0) is 48.6 Å². The van der Waals surface area contributed by atoms with Gasteiger partial charge in [0.05, 0.1) is 5.39 Å². The van der Waals surface area contributed by atoms with E-state index in [-0.39, 0.29) is 11.0 Å². The highest BCUT2D eigenvalue weighted by molar-refractivity contribution is 7.98. The summed E-state index contributed by atoms with van der Waals surface area (Å²) in [7, 11) is 0. The van der Waals surface area contributed by atoms with Crippen LogP contribution < -0.4 is 5.56 Å². The van der Waals surface area contributed by atoms with E-state index in [2.05, 4.69) is 39.5 Å². The molecule has 0 saturated carbocycles. The Balaban J connectivity index is 1.76. The van der Waals surface area contributed by atoms with Crippen LogP contribution in [0.3, 0.4) is 0 Å². The van der Waals surface area contributed by atoms with E-state index >= 15 is 0 Å². The van der Waals surface area contributed by atoms with E-state index < -0.39 is 0 Å². The predicted octanol–water partition coefficient (Wildman–Crippen LogP) is 6.48. The molecule has 0 fully saturated rings. The number of fused-ring (bicyclic) bond motifs is 3. The van der Waals surface area contributed by atoms with Crippen LogP contribution in [0.25, 0.3) is 10.2 Å². The summed E-state index contributed by atoms with van der Waals surface area (Å²) in [4.78, 5) is 20.9. The third-order valence-corrected chi connectivity index (χ3v) is 8.19. The molecule has 0 spiro atoms. The van der Waals surface area contributed by atoms with Crippen molar-refractivity contribution in [2.24, 2.45) is 11.3 Å². The number of nitrogens with zero attached hydrogens (tertiary/aromatic N) is 2. The van der Waals surface area contributed by atoms with Crippen LogP contribution in [0.5, 0.6) is 0 Å². The Labute approximate surface area is 187 Å². The Bertz CT molecular complexity index is 1140. The molecule has 2 aromatic heterocycles. The summed E-state index contributed by atoms with van der Waals surface area (Å²) in [6.07, 6.45) is 3.19. The lowest BCUT2D eigenvalue weighted by atomic mass is 9.72. The summed E-state index contributed by atoms with van der Waals surface area (Å²) in [6, 6.07) is 10.3. The van der Waals surface area contributed by atoms with Crippen molar-refractivity contribution in [2.75, 3.05) is 0 Å². The summed E-state index contributed by atoms with van der Waals surface area (Å²) >= 11 is 3.38. The first kappa shape index (κ1) is 21.4. The Kier molecular flexibility index (Phi) is 5.95. The van der Waals surface area contributed by atoms with Crippen molar-refractivity contribution in [3.05, 3.63) is 68.8 Å². The Morgan fingerprint density at radius 2 is 2.03 bits per heavy atom. The Hall–Kier alpha value is -1.85. The molecule has 0 radical (unpaired) electrons. The average Bonchev–Trinajstić information content (AvgIpc) is 3.06. The summed E-state index contributed by atoms with van der Waals surface area (Å²) in [6.45, 7) is 13.5. The lowest BCUT2D eigenvalue weighted by Crippen LogP contribution is -2.27. The maximum absolute atomic E-state index is 13.6. The third-order valence-electron chi connectivity index (χ3n) is 6.00. The van der Waals surface area contributed by atoms with E-state index in [1.165, 1.54) is 16.0 Å². The van der Waals surface area contributed by atoms with Crippen molar-refractivity contribution in [1.29, 1.82) is 0 Å². The van der Waals surface area contributed by atoms with Crippen molar-refractivity contribution >= 4 is 33.3 Å². The van der Waals surface area contributed by atoms with E-state index in [0.717, 1.165) is 46.0 Å². The highest BCUT2D eigenvalue weighted by Gasteiger charge is 2.32.